The van der Waals surface area contributed by atoms with Gasteiger partial charge in [-0.25, -0.2) is 4.39 Å². The van der Waals surface area contributed by atoms with Gasteiger partial charge in [0.2, 0.25) is 0 Å². The Hall–Kier alpha value is -3.91. The molecule has 4 rings (SSSR count). The van der Waals surface area contributed by atoms with Gasteiger partial charge >= 0.3 is 6.18 Å². The van der Waals surface area contributed by atoms with E-state index in [0.29, 0.717) is 46.6 Å². The summed E-state index contributed by atoms with van der Waals surface area (Å²) in [4.78, 5) is 14.5. The predicted molar refractivity (Wildman–Crippen MR) is 163 cm³/mol. The van der Waals surface area contributed by atoms with Crippen LogP contribution >= 0.6 is 0 Å². The Balaban J connectivity index is 1.54. The third kappa shape index (κ3) is 8.35. The molecule has 3 atom stereocenters. The number of methoxy groups -OCH3 is 1. The van der Waals surface area contributed by atoms with E-state index in [-0.39, 0.29) is 24.2 Å². The fourth-order valence-corrected chi connectivity index (χ4v) is 5.35. The average molecular weight is 602 g/mol. The number of nitrogens with one attached hydrogen (secondary N) is 3. The number of piperidine rings is 1. The maximum absolute atomic E-state index is 14.7. The number of hydrogen-bond acceptors (Lipinski definition) is 5. The molecule has 232 valence electrons. The molecule has 0 bridgehead atoms. The normalized spacial score (nSPS) is 18.0. The van der Waals surface area contributed by atoms with E-state index in [1.165, 1.54) is 7.11 Å². The third-order valence-corrected chi connectivity index (χ3v) is 7.52. The second kappa shape index (κ2) is 14.0. The number of anilines is 2. The highest BCUT2D eigenvalue weighted by Crippen LogP contribution is 2.32. The number of rotatable bonds is 10. The Morgan fingerprint density at radius 3 is 2.67 bits per heavy atom. The molecule has 3 aromatic rings. The first kappa shape index (κ1) is 32.0. The topological polar surface area (TPSA) is 70.6 Å². The van der Waals surface area contributed by atoms with E-state index in [1.54, 1.807) is 42.5 Å². The molecule has 2 aromatic carbocycles. The summed E-state index contributed by atoms with van der Waals surface area (Å²) in [6.07, 6.45) is -3.14. The molecule has 1 fully saturated rings. The first-order chi connectivity index (χ1) is 20.5. The van der Waals surface area contributed by atoms with E-state index in [0.717, 1.165) is 24.0 Å². The molecule has 1 aromatic heterocycles. The van der Waals surface area contributed by atoms with Crippen LogP contribution in [0.15, 0.2) is 42.5 Å². The van der Waals surface area contributed by atoms with Crippen LogP contribution in [0.1, 0.15) is 49.2 Å². The molecule has 3 N–H and O–H groups in total. The lowest BCUT2D eigenvalue weighted by Crippen LogP contribution is -2.46. The average Bonchev–Trinajstić information content (AvgIpc) is 3.29. The number of carbonyl (C=O) groups excluding carboxylic acids is 1. The maximum Gasteiger partial charge on any atom is 0.406 e. The van der Waals surface area contributed by atoms with Crippen LogP contribution in [0.3, 0.4) is 0 Å². The van der Waals surface area contributed by atoms with Crippen LogP contribution in [0.25, 0.3) is 10.9 Å². The molecule has 2 heterocycles. The first-order valence-corrected chi connectivity index (χ1v) is 14.5. The Labute approximate surface area is 249 Å². The molecule has 0 unspecified atom stereocenters. The Morgan fingerprint density at radius 2 is 1.98 bits per heavy atom. The number of benzene rings is 2. The summed E-state index contributed by atoms with van der Waals surface area (Å²) >= 11 is 0. The van der Waals surface area contributed by atoms with Gasteiger partial charge in [-0.1, -0.05) is 25.3 Å². The number of aromatic nitrogens is 1. The van der Waals surface area contributed by atoms with Gasteiger partial charge in [0.25, 0.3) is 5.91 Å². The van der Waals surface area contributed by atoms with Gasteiger partial charge in [0.15, 0.2) is 0 Å². The monoisotopic (exact) mass is 601 g/mol. The van der Waals surface area contributed by atoms with Crippen LogP contribution in [0.5, 0.6) is 5.75 Å². The van der Waals surface area contributed by atoms with Gasteiger partial charge in [0.1, 0.15) is 18.5 Å². The van der Waals surface area contributed by atoms with E-state index in [1.807, 2.05) is 18.9 Å². The fraction of sp³-hybridized carbons (Fsp3) is 0.469. The van der Waals surface area contributed by atoms with Gasteiger partial charge in [-0.15, -0.1) is 0 Å². The smallest absolute Gasteiger partial charge is 0.406 e. The zero-order valence-electron chi connectivity index (χ0n) is 24.9. The number of amides is 1. The lowest BCUT2D eigenvalue weighted by atomic mass is 10.0. The fourth-order valence-electron chi connectivity index (χ4n) is 5.35. The van der Waals surface area contributed by atoms with Gasteiger partial charge in [0.05, 0.1) is 36.6 Å². The summed E-state index contributed by atoms with van der Waals surface area (Å²) in [7, 11) is 3.35. The molecule has 11 heteroatoms. The highest BCUT2D eigenvalue weighted by atomic mass is 19.4. The van der Waals surface area contributed by atoms with E-state index < -0.39 is 24.9 Å². The first-order valence-electron chi connectivity index (χ1n) is 14.5. The number of ether oxygens (including phenoxy) is 1. The minimum Gasteiger partial charge on any atom is -0.495 e. The van der Waals surface area contributed by atoms with Crippen molar-refractivity contribution in [1.29, 1.82) is 0 Å². The number of halogens is 4. The number of fused-ring (bicyclic) bond motifs is 1. The summed E-state index contributed by atoms with van der Waals surface area (Å²) in [5.41, 5.74) is 2.19. The van der Waals surface area contributed by atoms with Crippen molar-refractivity contribution in [2.24, 2.45) is 0 Å². The Kier molecular flexibility index (Phi) is 10.5. The Bertz CT molecular complexity index is 1480. The van der Waals surface area contributed by atoms with E-state index >= 15 is 0 Å². The molecule has 43 heavy (non-hydrogen) atoms. The number of alkyl halides is 4. The molecule has 0 saturated carbocycles. The number of likely N-dealkylation sites (tertiary alicyclic amines) is 1. The third-order valence-electron chi connectivity index (χ3n) is 7.52. The molecular formula is C32H39F4N5O2. The summed E-state index contributed by atoms with van der Waals surface area (Å²) in [6.45, 7) is 3.95. The van der Waals surface area contributed by atoms with Crippen molar-refractivity contribution in [3.05, 3.63) is 53.7 Å². The van der Waals surface area contributed by atoms with Gasteiger partial charge < -0.3 is 30.2 Å². The number of carbonyl (C=O) groups is 1. The molecule has 1 saturated heterocycles. The largest absolute Gasteiger partial charge is 0.495 e. The molecule has 0 radical (unpaired) electrons. The van der Waals surface area contributed by atoms with Crippen LogP contribution in [-0.2, 0) is 6.54 Å². The minimum absolute atomic E-state index is 0.0475. The second-order valence-electron chi connectivity index (χ2n) is 11.0. The summed E-state index contributed by atoms with van der Waals surface area (Å²) in [6, 6.07) is 11.3. The van der Waals surface area contributed by atoms with Crippen molar-refractivity contribution < 1.29 is 27.1 Å². The van der Waals surface area contributed by atoms with Gasteiger partial charge in [-0.2, -0.15) is 13.2 Å². The summed E-state index contributed by atoms with van der Waals surface area (Å²) in [5.74, 6) is 6.03. The summed E-state index contributed by atoms with van der Waals surface area (Å²) in [5, 5.41) is 9.86. The van der Waals surface area contributed by atoms with Crippen LogP contribution in [0.4, 0.5) is 28.9 Å². The number of nitrogens with zero attached hydrogens (tertiary/aromatic N) is 2. The zero-order valence-corrected chi connectivity index (χ0v) is 24.9. The highest BCUT2D eigenvalue weighted by Gasteiger charge is 2.31. The van der Waals surface area contributed by atoms with Crippen LogP contribution < -0.4 is 20.7 Å². The van der Waals surface area contributed by atoms with E-state index in [4.69, 9.17) is 4.74 Å². The lowest BCUT2D eigenvalue weighted by Gasteiger charge is -2.33. The lowest BCUT2D eigenvalue weighted by molar-refractivity contribution is -0.140. The molecule has 1 aliphatic heterocycles. The van der Waals surface area contributed by atoms with E-state index in [9.17, 15) is 22.4 Å². The molecular weight excluding hydrogens is 562 g/mol. The van der Waals surface area contributed by atoms with Crippen LogP contribution in [-0.4, -0.2) is 73.6 Å². The van der Waals surface area contributed by atoms with Crippen molar-refractivity contribution >= 4 is 28.2 Å². The van der Waals surface area contributed by atoms with Crippen LogP contribution in [0.2, 0.25) is 0 Å². The standard InChI is InChI=1S/C32H39F4N5O2/c1-5-8-21(2)38-31(42)22-12-13-28(30(17-22)43-4)37-15-7-9-23-18-24-26(39-27-14-16-40(3)19-25(27)33)10-6-11-29(24)41(23)20-32(34,35)36/h6,10-13,17-18,21,25,27,37,39H,5,8,14-16,19-20H2,1-4H3,(H,38,42)/t21-,25-,27+/m0/s1. The quantitative estimate of drug-likeness (QED) is 0.195. The van der Waals surface area contributed by atoms with Gasteiger partial charge in [-0.05, 0) is 69.1 Å². The van der Waals surface area contributed by atoms with Crippen molar-refractivity contribution in [1.82, 2.24) is 14.8 Å². The number of hydrogen-bond donors (Lipinski definition) is 3. The van der Waals surface area contributed by atoms with E-state index in [2.05, 4.69) is 34.7 Å². The summed E-state index contributed by atoms with van der Waals surface area (Å²) < 4.78 is 62.1. The molecule has 0 aliphatic carbocycles. The van der Waals surface area contributed by atoms with Crippen molar-refractivity contribution in [3.63, 3.8) is 0 Å². The second-order valence-corrected chi connectivity index (χ2v) is 11.0. The molecule has 1 amide bonds. The molecule has 7 nitrogen and oxygen atoms in total. The van der Waals surface area contributed by atoms with Crippen molar-refractivity contribution in [2.45, 2.75) is 64.1 Å². The van der Waals surface area contributed by atoms with Gasteiger partial charge in [0, 0.05) is 35.8 Å². The van der Waals surface area contributed by atoms with Crippen molar-refractivity contribution in [2.75, 3.05) is 44.4 Å². The Morgan fingerprint density at radius 1 is 1.19 bits per heavy atom. The molecule has 0 spiro atoms. The SMILES string of the molecule is CCC[C@H](C)NC(=O)c1ccc(NCC#Cc2cc3c(N[C@@H]4CCN(C)C[C@@H]4F)cccc3n2CC(F)(F)F)c(OC)c1. The minimum atomic E-state index is -4.46. The van der Waals surface area contributed by atoms with Crippen LogP contribution in [0, 0.1) is 11.8 Å². The van der Waals surface area contributed by atoms with Crippen molar-refractivity contribution in [3.8, 4) is 17.6 Å². The maximum atomic E-state index is 14.7. The zero-order chi connectivity index (χ0) is 31.1. The highest BCUT2D eigenvalue weighted by molar-refractivity contribution is 5.95. The van der Waals surface area contributed by atoms with Gasteiger partial charge in [-0.3, -0.25) is 4.79 Å². The predicted octanol–water partition coefficient (Wildman–Crippen LogP) is 6.05. The molecule has 1 aliphatic rings.